The number of piperidine rings is 1. The Labute approximate surface area is 176 Å². The number of aromatic nitrogens is 3. The zero-order chi connectivity index (χ0) is 20.3. The fraction of sp³-hybridized carbons (Fsp3) is 0.435. The fourth-order valence-electron chi connectivity index (χ4n) is 4.74. The van der Waals surface area contributed by atoms with Gasteiger partial charge in [-0.15, -0.1) is 0 Å². The van der Waals surface area contributed by atoms with E-state index in [0.29, 0.717) is 5.92 Å². The van der Waals surface area contributed by atoms with Crippen molar-refractivity contribution in [2.24, 2.45) is 5.92 Å². The summed E-state index contributed by atoms with van der Waals surface area (Å²) in [6.45, 7) is 7.19. The highest BCUT2D eigenvalue weighted by Crippen LogP contribution is 2.28. The predicted molar refractivity (Wildman–Crippen MR) is 117 cm³/mol. The summed E-state index contributed by atoms with van der Waals surface area (Å²) < 4.78 is 13.8. The second-order valence-corrected chi connectivity index (χ2v) is 8.29. The second kappa shape index (κ2) is 8.52. The summed E-state index contributed by atoms with van der Waals surface area (Å²) in [6.07, 6.45) is 5.82. The SMILES string of the molecule is Fc1ccc2ncnc(N3CCCC(CN4CCN(c5ccccn5)CC4)C3)c2c1. The van der Waals surface area contributed by atoms with Gasteiger partial charge in [0.05, 0.1) is 5.52 Å². The summed E-state index contributed by atoms with van der Waals surface area (Å²) in [5.74, 6) is 2.30. The van der Waals surface area contributed by atoms with Gasteiger partial charge >= 0.3 is 0 Å². The van der Waals surface area contributed by atoms with Gasteiger partial charge < -0.3 is 9.80 Å². The third-order valence-corrected chi connectivity index (χ3v) is 6.26. The first-order chi connectivity index (χ1) is 14.8. The quantitative estimate of drug-likeness (QED) is 0.663. The van der Waals surface area contributed by atoms with Crippen LogP contribution in [0, 0.1) is 11.7 Å². The van der Waals surface area contributed by atoms with Crippen molar-refractivity contribution in [1.29, 1.82) is 0 Å². The minimum Gasteiger partial charge on any atom is -0.356 e. The van der Waals surface area contributed by atoms with Gasteiger partial charge in [0.1, 0.15) is 23.8 Å². The summed E-state index contributed by atoms with van der Waals surface area (Å²) in [5.41, 5.74) is 0.800. The molecule has 3 aromatic rings. The lowest BCUT2D eigenvalue weighted by atomic mass is 9.96. The number of nitrogens with zero attached hydrogens (tertiary/aromatic N) is 6. The first kappa shape index (κ1) is 19.2. The molecule has 1 unspecified atom stereocenters. The van der Waals surface area contributed by atoms with E-state index in [4.69, 9.17) is 0 Å². The molecule has 7 heteroatoms. The maximum Gasteiger partial charge on any atom is 0.139 e. The molecule has 30 heavy (non-hydrogen) atoms. The standard InChI is InChI=1S/C23H27FN6/c24-19-6-7-21-20(14-19)23(27-17-26-21)30-9-3-4-18(16-30)15-28-10-12-29(13-11-28)22-5-1-2-8-25-22/h1-2,5-8,14,17-18H,3-4,9-13,15-16H2. The van der Waals surface area contributed by atoms with Gasteiger partial charge in [-0.3, -0.25) is 4.90 Å². The molecule has 2 aliphatic heterocycles. The molecule has 2 aromatic heterocycles. The lowest BCUT2D eigenvalue weighted by Crippen LogP contribution is -2.50. The topological polar surface area (TPSA) is 48.4 Å². The van der Waals surface area contributed by atoms with Crippen molar-refractivity contribution < 1.29 is 4.39 Å². The largest absolute Gasteiger partial charge is 0.356 e. The predicted octanol–water partition coefficient (Wildman–Crippen LogP) is 3.20. The molecule has 1 atom stereocenters. The number of hydrogen-bond donors (Lipinski definition) is 0. The van der Waals surface area contributed by atoms with Crippen LogP contribution in [0.15, 0.2) is 48.9 Å². The molecule has 6 nitrogen and oxygen atoms in total. The minimum atomic E-state index is -0.238. The van der Waals surface area contributed by atoms with Crippen molar-refractivity contribution in [3.8, 4) is 0 Å². The Morgan fingerprint density at radius 3 is 2.67 bits per heavy atom. The van der Waals surface area contributed by atoms with Crippen molar-refractivity contribution >= 4 is 22.5 Å². The normalized spacial score (nSPS) is 20.6. The summed E-state index contributed by atoms with van der Waals surface area (Å²) in [7, 11) is 0. The van der Waals surface area contributed by atoms with E-state index in [9.17, 15) is 4.39 Å². The Balaban J connectivity index is 1.22. The van der Waals surface area contributed by atoms with Crippen molar-refractivity contribution in [1.82, 2.24) is 19.9 Å². The molecule has 0 bridgehead atoms. The molecule has 0 radical (unpaired) electrons. The molecule has 0 aliphatic carbocycles. The van der Waals surface area contributed by atoms with Gasteiger partial charge in [0.2, 0.25) is 0 Å². The molecule has 5 rings (SSSR count). The van der Waals surface area contributed by atoms with Crippen LogP contribution in [0.1, 0.15) is 12.8 Å². The first-order valence-electron chi connectivity index (χ1n) is 10.8. The molecule has 0 N–H and O–H groups in total. The van der Waals surface area contributed by atoms with Gasteiger partial charge in [0.25, 0.3) is 0 Å². The maximum absolute atomic E-state index is 13.8. The van der Waals surface area contributed by atoms with Gasteiger partial charge in [-0.05, 0) is 49.1 Å². The molecule has 0 amide bonds. The van der Waals surface area contributed by atoms with Crippen molar-refractivity contribution in [3.05, 3.63) is 54.7 Å². The van der Waals surface area contributed by atoms with E-state index in [1.165, 1.54) is 12.5 Å². The Morgan fingerprint density at radius 1 is 0.933 bits per heavy atom. The zero-order valence-electron chi connectivity index (χ0n) is 17.1. The van der Waals surface area contributed by atoms with E-state index >= 15 is 0 Å². The molecule has 0 spiro atoms. The summed E-state index contributed by atoms with van der Waals surface area (Å²) in [6, 6.07) is 10.9. The summed E-state index contributed by atoms with van der Waals surface area (Å²) in [4.78, 5) is 20.6. The number of halogens is 1. The lowest BCUT2D eigenvalue weighted by molar-refractivity contribution is 0.205. The van der Waals surface area contributed by atoms with E-state index in [1.54, 1.807) is 18.5 Å². The third kappa shape index (κ3) is 4.07. The second-order valence-electron chi connectivity index (χ2n) is 8.29. The highest BCUT2D eigenvalue weighted by Gasteiger charge is 2.26. The maximum atomic E-state index is 13.8. The molecule has 2 fully saturated rings. The van der Waals surface area contributed by atoms with Gasteiger partial charge in [0, 0.05) is 57.4 Å². The Bertz CT molecular complexity index is 989. The molecule has 2 aliphatic rings. The Morgan fingerprint density at radius 2 is 1.83 bits per heavy atom. The fourth-order valence-corrected chi connectivity index (χ4v) is 4.74. The molecule has 2 saturated heterocycles. The van der Waals surface area contributed by atoms with E-state index in [-0.39, 0.29) is 5.82 Å². The third-order valence-electron chi connectivity index (χ3n) is 6.26. The van der Waals surface area contributed by atoms with E-state index in [2.05, 4.69) is 35.7 Å². The summed E-state index contributed by atoms with van der Waals surface area (Å²) >= 11 is 0. The van der Waals surface area contributed by atoms with Crippen LogP contribution in [0.5, 0.6) is 0 Å². The number of anilines is 2. The van der Waals surface area contributed by atoms with Crippen molar-refractivity contribution in [3.63, 3.8) is 0 Å². The number of hydrogen-bond acceptors (Lipinski definition) is 6. The average molecular weight is 407 g/mol. The van der Waals surface area contributed by atoms with Crippen LogP contribution in [-0.4, -0.2) is 65.7 Å². The smallest absolute Gasteiger partial charge is 0.139 e. The highest BCUT2D eigenvalue weighted by molar-refractivity contribution is 5.89. The molecular weight excluding hydrogens is 379 g/mol. The van der Waals surface area contributed by atoms with E-state index < -0.39 is 0 Å². The van der Waals surface area contributed by atoms with Crippen LogP contribution in [0.25, 0.3) is 10.9 Å². The molecule has 0 saturated carbocycles. The van der Waals surface area contributed by atoms with Gasteiger partial charge in [-0.2, -0.15) is 0 Å². The average Bonchev–Trinajstić information content (AvgIpc) is 2.80. The van der Waals surface area contributed by atoms with Crippen LogP contribution in [0.4, 0.5) is 16.0 Å². The molecule has 156 valence electrons. The van der Waals surface area contributed by atoms with Gasteiger partial charge in [-0.25, -0.2) is 19.3 Å². The number of fused-ring (bicyclic) bond motifs is 1. The van der Waals surface area contributed by atoms with Crippen LogP contribution in [0.3, 0.4) is 0 Å². The number of piperazine rings is 1. The van der Waals surface area contributed by atoms with Crippen LogP contribution < -0.4 is 9.80 Å². The number of rotatable bonds is 4. The first-order valence-corrected chi connectivity index (χ1v) is 10.8. The Kier molecular flexibility index (Phi) is 5.45. The van der Waals surface area contributed by atoms with E-state index in [0.717, 1.165) is 74.8 Å². The van der Waals surface area contributed by atoms with Gasteiger partial charge in [0.15, 0.2) is 0 Å². The summed E-state index contributed by atoms with van der Waals surface area (Å²) in [5, 5.41) is 0.808. The van der Waals surface area contributed by atoms with Crippen molar-refractivity contribution in [2.75, 3.05) is 55.6 Å². The zero-order valence-corrected chi connectivity index (χ0v) is 17.1. The van der Waals surface area contributed by atoms with Crippen LogP contribution in [0.2, 0.25) is 0 Å². The lowest BCUT2D eigenvalue weighted by Gasteiger charge is -2.40. The van der Waals surface area contributed by atoms with Crippen LogP contribution in [-0.2, 0) is 0 Å². The molecule has 4 heterocycles. The van der Waals surface area contributed by atoms with E-state index in [1.807, 2.05) is 18.3 Å². The number of benzene rings is 1. The minimum absolute atomic E-state index is 0.238. The highest BCUT2D eigenvalue weighted by atomic mass is 19.1. The monoisotopic (exact) mass is 406 g/mol. The van der Waals surface area contributed by atoms with Crippen LogP contribution >= 0.6 is 0 Å². The number of pyridine rings is 1. The van der Waals surface area contributed by atoms with Crippen molar-refractivity contribution in [2.45, 2.75) is 12.8 Å². The molecular formula is C23H27FN6. The van der Waals surface area contributed by atoms with Gasteiger partial charge in [-0.1, -0.05) is 6.07 Å². The molecule has 1 aromatic carbocycles. The Hall–Kier alpha value is -2.80.